The molecule has 7 heteroatoms. The van der Waals surface area contributed by atoms with Gasteiger partial charge in [0.15, 0.2) is 0 Å². The number of nitrogens with zero attached hydrogens (tertiary/aromatic N) is 4. The van der Waals surface area contributed by atoms with E-state index in [2.05, 4.69) is 10.00 Å². The highest BCUT2D eigenvalue weighted by Gasteiger charge is 2.35. The van der Waals surface area contributed by atoms with Gasteiger partial charge in [0.05, 0.1) is 23.5 Å². The first kappa shape index (κ1) is 16.0. The van der Waals surface area contributed by atoms with Crippen LogP contribution in [0.5, 0.6) is 0 Å². The number of likely N-dealkylation sites (tertiary alicyclic amines) is 1. The molecule has 1 aromatic rings. The zero-order valence-corrected chi connectivity index (χ0v) is 14.3. The largest absolute Gasteiger partial charge is 0.301 e. The van der Waals surface area contributed by atoms with E-state index in [1.165, 1.54) is 19.3 Å². The molecule has 2 aliphatic rings. The van der Waals surface area contributed by atoms with Crippen molar-refractivity contribution in [1.29, 1.82) is 0 Å². The lowest BCUT2D eigenvalue weighted by atomic mass is 10.1. The molecule has 0 N–H and O–H groups in total. The highest BCUT2D eigenvalue weighted by molar-refractivity contribution is 7.89. The molecule has 0 bridgehead atoms. The molecule has 0 radical (unpaired) electrons. The fraction of sp³-hybridized carbons (Fsp3) is 0.800. The highest BCUT2D eigenvalue weighted by Crippen LogP contribution is 2.26. The van der Waals surface area contributed by atoms with E-state index in [-0.39, 0.29) is 11.3 Å². The lowest BCUT2D eigenvalue weighted by Gasteiger charge is -2.37. The number of piperidine rings is 1. The van der Waals surface area contributed by atoms with Crippen molar-refractivity contribution in [2.45, 2.75) is 50.9 Å². The van der Waals surface area contributed by atoms with E-state index in [4.69, 9.17) is 0 Å². The third kappa shape index (κ3) is 3.07. The smallest absolute Gasteiger partial charge is 0.216 e. The minimum absolute atomic E-state index is 0.116. The van der Waals surface area contributed by atoms with Crippen molar-refractivity contribution >= 4 is 10.0 Å². The van der Waals surface area contributed by atoms with Crippen molar-refractivity contribution in [2.75, 3.05) is 26.2 Å². The number of sulfonamides is 1. The van der Waals surface area contributed by atoms with Crippen LogP contribution in [0.15, 0.2) is 12.3 Å². The second-order valence-corrected chi connectivity index (χ2v) is 9.16. The molecule has 1 saturated heterocycles. The van der Waals surface area contributed by atoms with Gasteiger partial charge in [-0.3, -0.25) is 4.68 Å². The van der Waals surface area contributed by atoms with Crippen LogP contribution in [0.1, 0.15) is 44.8 Å². The summed E-state index contributed by atoms with van der Waals surface area (Å²) in [7, 11) is -3.22. The van der Waals surface area contributed by atoms with E-state index < -0.39 is 10.0 Å². The van der Waals surface area contributed by atoms with Gasteiger partial charge in [-0.05, 0) is 45.8 Å². The van der Waals surface area contributed by atoms with Crippen molar-refractivity contribution in [3.05, 3.63) is 18.0 Å². The summed E-state index contributed by atoms with van der Waals surface area (Å²) in [5, 5.41) is 4.06. The van der Waals surface area contributed by atoms with Crippen molar-refractivity contribution in [2.24, 2.45) is 0 Å². The minimum Gasteiger partial charge on any atom is -0.301 e. The predicted octanol–water partition coefficient (Wildman–Crippen LogP) is 1.46. The maximum Gasteiger partial charge on any atom is 0.216 e. The summed E-state index contributed by atoms with van der Waals surface area (Å²) < 4.78 is 28.7. The molecule has 0 aromatic carbocycles. The molecule has 0 amide bonds. The normalized spacial score (nSPS) is 24.6. The summed E-state index contributed by atoms with van der Waals surface area (Å²) >= 11 is 0. The van der Waals surface area contributed by atoms with Gasteiger partial charge in [-0.25, -0.2) is 8.42 Å². The van der Waals surface area contributed by atoms with Crippen LogP contribution in [-0.2, 0) is 16.6 Å². The maximum atomic E-state index is 12.5. The van der Waals surface area contributed by atoms with Gasteiger partial charge in [0.25, 0.3) is 0 Å². The molecule has 3 heterocycles. The van der Waals surface area contributed by atoms with Crippen molar-refractivity contribution in [1.82, 2.24) is 19.0 Å². The number of hydrogen-bond acceptors (Lipinski definition) is 4. The summed E-state index contributed by atoms with van der Waals surface area (Å²) in [4.78, 5) is 2.45. The van der Waals surface area contributed by atoms with E-state index >= 15 is 0 Å². The van der Waals surface area contributed by atoms with Crippen LogP contribution in [0.3, 0.4) is 0 Å². The Morgan fingerprint density at radius 1 is 1.27 bits per heavy atom. The molecule has 0 saturated carbocycles. The Kier molecular flexibility index (Phi) is 4.56. The third-order valence-electron chi connectivity index (χ3n) is 4.72. The second-order valence-electron chi connectivity index (χ2n) is 6.67. The topological polar surface area (TPSA) is 58.4 Å². The number of hydrogen-bond donors (Lipinski definition) is 0. The van der Waals surface area contributed by atoms with Gasteiger partial charge in [-0.2, -0.15) is 9.40 Å². The Bertz CT molecular complexity index is 605. The first-order valence-electron chi connectivity index (χ1n) is 8.22. The van der Waals surface area contributed by atoms with E-state index in [9.17, 15) is 8.42 Å². The maximum absolute atomic E-state index is 12.5. The van der Waals surface area contributed by atoms with Gasteiger partial charge in [0.1, 0.15) is 0 Å². The van der Waals surface area contributed by atoms with Gasteiger partial charge in [-0.15, -0.1) is 0 Å². The molecule has 0 aliphatic carbocycles. The zero-order chi connectivity index (χ0) is 15.7. The van der Waals surface area contributed by atoms with E-state index in [0.717, 1.165) is 25.3 Å². The first-order valence-corrected chi connectivity index (χ1v) is 9.72. The van der Waals surface area contributed by atoms with Crippen molar-refractivity contribution in [3.8, 4) is 0 Å². The van der Waals surface area contributed by atoms with Crippen molar-refractivity contribution < 1.29 is 8.42 Å². The summed E-state index contributed by atoms with van der Waals surface area (Å²) in [5.41, 5.74) is 0.998. The molecule has 6 nitrogen and oxygen atoms in total. The Morgan fingerprint density at radius 2 is 2.00 bits per heavy atom. The zero-order valence-electron chi connectivity index (χ0n) is 13.5. The Balaban J connectivity index is 1.80. The molecule has 1 aromatic heterocycles. The average Bonchev–Trinajstić information content (AvgIpc) is 2.96. The lowest BCUT2D eigenvalue weighted by molar-refractivity contribution is 0.160. The lowest BCUT2D eigenvalue weighted by Crippen LogP contribution is -2.47. The van der Waals surface area contributed by atoms with Gasteiger partial charge in [0.2, 0.25) is 10.0 Å². The third-order valence-corrected chi connectivity index (χ3v) is 6.91. The Labute approximate surface area is 133 Å². The summed E-state index contributed by atoms with van der Waals surface area (Å²) in [6.07, 6.45) is 5.57. The van der Waals surface area contributed by atoms with E-state index in [1.54, 1.807) is 24.3 Å². The highest BCUT2D eigenvalue weighted by atomic mass is 32.2. The molecule has 1 unspecified atom stereocenters. The van der Waals surface area contributed by atoms with Gasteiger partial charge in [-0.1, -0.05) is 6.42 Å². The SMILES string of the molecule is CC(C)S(=O)(=O)N1Cc2ccnn2C(CN2CCCCC2)C1. The van der Waals surface area contributed by atoms with Crippen LogP contribution in [-0.4, -0.2) is 58.8 Å². The van der Waals surface area contributed by atoms with Gasteiger partial charge < -0.3 is 4.90 Å². The fourth-order valence-electron chi connectivity index (χ4n) is 3.42. The molecular weight excluding hydrogens is 300 g/mol. The van der Waals surface area contributed by atoms with Gasteiger partial charge >= 0.3 is 0 Å². The van der Waals surface area contributed by atoms with Crippen LogP contribution in [0.25, 0.3) is 0 Å². The quantitative estimate of drug-likeness (QED) is 0.840. The van der Waals surface area contributed by atoms with Crippen LogP contribution < -0.4 is 0 Å². The Hall–Kier alpha value is -0.920. The van der Waals surface area contributed by atoms with Gasteiger partial charge in [0, 0.05) is 19.3 Å². The second kappa shape index (κ2) is 6.29. The summed E-state index contributed by atoms with van der Waals surface area (Å²) in [6.45, 7) is 7.59. The number of fused-ring (bicyclic) bond motifs is 1. The first-order chi connectivity index (χ1) is 10.5. The summed E-state index contributed by atoms with van der Waals surface area (Å²) in [5.74, 6) is 0. The molecule has 0 spiro atoms. The Morgan fingerprint density at radius 3 is 2.68 bits per heavy atom. The molecular formula is C15H26N4O2S. The molecule has 2 aliphatic heterocycles. The minimum atomic E-state index is -3.22. The average molecular weight is 326 g/mol. The molecule has 3 rings (SSSR count). The van der Waals surface area contributed by atoms with E-state index in [0.29, 0.717) is 13.1 Å². The molecule has 124 valence electrons. The fourth-order valence-corrected chi connectivity index (χ4v) is 4.71. The monoisotopic (exact) mass is 326 g/mol. The molecule has 22 heavy (non-hydrogen) atoms. The van der Waals surface area contributed by atoms with Crippen LogP contribution in [0, 0.1) is 0 Å². The predicted molar refractivity (Wildman–Crippen MR) is 86.0 cm³/mol. The summed E-state index contributed by atoms with van der Waals surface area (Å²) in [6, 6.07) is 2.05. The number of aromatic nitrogens is 2. The van der Waals surface area contributed by atoms with Crippen LogP contribution in [0.2, 0.25) is 0 Å². The van der Waals surface area contributed by atoms with Crippen molar-refractivity contribution in [3.63, 3.8) is 0 Å². The standard InChI is InChI=1S/C15H26N4O2S/c1-13(2)22(20,21)18-11-14-6-7-16-19(14)15(12-18)10-17-8-4-3-5-9-17/h6-7,13,15H,3-5,8-12H2,1-2H3. The van der Waals surface area contributed by atoms with E-state index in [1.807, 2.05) is 10.7 Å². The number of rotatable bonds is 4. The van der Waals surface area contributed by atoms with Crippen LogP contribution in [0.4, 0.5) is 0 Å². The van der Waals surface area contributed by atoms with Crippen LogP contribution >= 0.6 is 0 Å². The molecule has 1 atom stereocenters. The molecule has 1 fully saturated rings.